The fourth-order valence-corrected chi connectivity index (χ4v) is 2.89. The number of nitrogens with zero attached hydrogens (tertiary/aromatic N) is 2. The topological polar surface area (TPSA) is 108 Å². The van der Waals surface area contributed by atoms with Gasteiger partial charge in [-0.25, -0.2) is 0 Å². The Labute approximate surface area is 134 Å². The Bertz CT molecular complexity index is 494. The maximum absolute atomic E-state index is 12.3. The monoisotopic (exact) mass is 330 g/mol. The fraction of sp³-hybridized carbons (Fsp3) is 0.714. The van der Waals surface area contributed by atoms with Crippen LogP contribution in [0.1, 0.15) is 20.3 Å². The Balaban J connectivity index is 2.90. The van der Waals surface area contributed by atoms with Gasteiger partial charge in [0.25, 0.3) is 5.09 Å². The highest BCUT2D eigenvalue weighted by atomic mass is 17.0. The van der Waals surface area contributed by atoms with Gasteiger partial charge in [0.1, 0.15) is 6.04 Å². The fourth-order valence-electron chi connectivity index (χ4n) is 2.89. The molecule has 0 radical (unpaired) electrons. The van der Waals surface area contributed by atoms with Crippen molar-refractivity contribution in [2.75, 3.05) is 20.7 Å². The van der Waals surface area contributed by atoms with Crippen molar-refractivity contribution in [3.05, 3.63) is 22.3 Å². The summed E-state index contributed by atoms with van der Waals surface area (Å²) in [7, 11) is 3.00. The van der Waals surface area contributed by atoms with Crippen LogP contribution < -0.4 is 0 Å². The number of likely N-dealkylation sites (tertiary alicyclic amines) is 1. The van der Waals surface area contributed by atoms with Crippen molar-refractivity contribution in [2.45, 2.75) is 32.6 Å². The number of hydrogen-bond acceptors (Lipinski definition) is 8. The van der Waals surface area contributed by atoms with E-state index in [0.29, 0.717) is 6.54 Å². The summed E-state index contributed by atoms with van der Waals surface area (Å²) >= 11 is 0. The van der Waals surface area contributed by atoms with Crippen molar-refractivity contribution in [3.63, 3.8) is 0 Å². The second-order valence-electron chi connectivity index (χ2n) is 5.61. The number of methoxy groups -OCH3 is 1. The third-order valence-corrected chi connectivity index (χ3v) is 3.90. The lowest BCUT2D eigenvalue weighted by atomic mass is 9.84. The molecule has 0 bridgehead atoms. The van der Waals surface area contributed by atoms with Crippen LogP contribution in [0.15, 0.2) is 12.2 Å². The molecular weight excluding hydrogens is 308 g/mol. The average molecular weight is 330 g/mol. The third-order valence-electron chi connectivity index (χ3n) is 3.90. The molecule has 1 unspecified atom stereocenters. The molecule has 130 valence electrons. The third kappa shape index (κ3) is 4.92. The van der Waals surface area contributed by atoms with Gasteiger partial charge in [0.2, 0.25) is 6.29 Å². The van der Waals surface area contributed by atoms with Gasteiger partial charge in [-0.05, 0) is 26.8 Å². The highest BCUT2D eigenvalue weighted by molar-refractivity contribution is 5.79. The largest absolute Gasteiger partial charge is 0.469 e. The lowest BCUT2D eigenvalue weighted by molar-refractivity contribution is -0.777. The van der Waals surface area contributed by atoms with E-state index < -0.39 is 29.4 Å². The van der Waals surface area contributed by atoms with E-state index in [4.69, 9.17) is 4.74 Å². The second kappa shape index (κ2) is 7.91. The van der Waals surface area contributed by atoms with E-state index in [2.05, 4.69) is 16.2 Å². The Morgan fingerprint density at radius 1 is 1.48 bits per heavy atom. The van der Waals surface area contributed by atoms with Crippen LogP contribution in [0.4, 0.5) is 0 Å². The van der Waals surface area contributed by atoms with Crippen LogP contribution in [0.3, 0.4) is 0 Å². The Morgan fingerprint density at radius 2 is 2.09 bits per heavy atom. The normalized spacial score (nSPS) is 25.5. The van der Waals surface area contributed by atoms with Crippen LogP contribution in [0, 0.1) is 22.0 Å². The zero-order valence-electron chi connectivity index (χ0n) is 13.7. The molecule has 23 heavy (non-hydrogen) atoms. The lowest BCUT2D eigenvalue weighted by Gasteiger charge is -2.25. The molecule has 1 fully saturated rings. The van der Waals surface area contributed by atoms with Crippen molar-refractivity contribution in [1.82, 2.24) is 4.90 Å². The van der Waals surface area contributed by atoms with Gasteiger partial charge >= 0.3 is 11.9 Å². The summed E-state index contributed by atoms with van der Waals surface area (Å²) in [5, 5.41) is 9.25. The van der Waals surface area contributed by atoms with Gasteiger partial charge in [-0.2, -0.15) is 0 Å². The van der Waals surface area contributed by atoms with Gasteiger partial charge < -0.3 is 9.47 Å². The van der Waals surface area contributed by atoms with Crippen molar-refractivity contribution >= 4 is 11.9 Å². The summed E-state index contributed by atoms with van der Waals surface area (Å²) in [6.45, 7) is 7.51. The number of esters is 2. The zero-order valence-corrected chi connectivity index (χ0v) is 13.7. The van der Waals surface area contributed by atoms with Crippen LogP contribution in [0.5, 0.6) is 0 Å². The smallest absolute Gasteiger partial charge is 0.325 e. The molecule has 1 heterocycles. The Morgan fingerprint density at radius 3 is 2.57 bits per heavy atom. The summed E-state index contributed by atoms with van der Waals surface area (Å²) in [6.07, 6.45) is -1.30. The van der Waals surface area contributed by atoms with Gasteiger partial charge in [-0.15, -0.1) is 10.1 Å². The Hall–Kier alpha value is -2.16. The van der Waals surface area contributed by atoms with Crippen molar-refractivity contribution < 1.29 is 29.0 Å². The van der Waals surface area contributed by atoms with Crippen LogP contribution in [-0.2, 0) is 23.9 Å². The average Bonchev–Trinajstić information content (AvgIpc) is 2.74. The molecule has 0 aromatic carbocycles. The number of rotatable bonds is 7. The van der Waals surface area contributed by atoms with E-state index in [1.165, 1.54) is 14.0 Å². The standard InChI is InChI=1S/C14H22N2O7/c1-8(2)11-7-15(4)13(10(11)6-12(17)21-5)14(18)22-9(3)23-16(19)20/h9-11,13H,1,6-7H2,2-5H3/t9?,10-,11+,13-/m0/s1. The molecule has 1 aliphatic rings. The molecule has 0 N–H and O–H groups in total. The summed E-state index contributed by atoms with van der Waals surface area (Å²) in [6, 6.07) is -0.728. The summed E-state index contributed by atoms with van der Waals surface area (Å²) in [4.78, 5) is 40.2. The number of carbonyl (C=O) groups excluding carboxylic acids is 2. The van der Waals surface area contributed by atoms with Crippen molar-refractivity contribution in [3.8, 4) is 0 Å². The minimum atomic E-state index is -1.33. The summed E-state index contributed by atoms with van der Waals surface area (Å²) in [5.41, 5.74) is 0.843. The molecule has 0 aromatic rings. The van der Waals surface area contributed by atoms with E-state index in [-0.39, 0.29) is 18.3 Å². The molecule has 0 spiro atoms. The van der Waals surface area contributed by atoms with E-state index in [1.807, 2.05) is 6.92 Å². The predicted octanol–water partition coefficient (Wildman–Crippen LogP) is 0.770. The van der Waals surface area contributed by atoms with Crippen LogP contribution in [-0.4, -0.2) is 55.0 Å². The minimum absolute atomic E-state index is 0.0304. The molecule has 1 aliphatic heterocycles. The molecule has 4 atom stereocenters. The number of carbonyl (C=O) groups is 2. The van der Waals surface area contributed by atoms with E-state index in [0.717, 1.165) is 5.57 Å². The molecule has 1 rings (SSSR count). The minimum Gasteiger partial charge on any atom is -0.469 e. The first-order valence-corrected chi connectivity index (χ1v) is 7.11. The summed E-state index contributed by atoms with van der Waals surface area (Å²) in [5.74, 6) is -1.58. The van der Waals surface area contributed by atoms with Gasteiger partial charge in [-0.3, -0.25) is 19.3 Å². The first kappa shape index (κ1) is 18.9. The maximum Gasteiger partial charge on any atom is 0.325 e. The quantitative estimate of drug-likeness (QED) is 0.221. The SMILES string of the molecule is C=C(C)[C@H]1CN(C)[C@H](C(=O)OC(C)O[N+](=O)[O-])[C@H]1CC(=O)OC. The molecule has 9 nitrogen and oxygen atoms in total. The van der Waals surface area contributed by atoms with E-state index in [9.17, 15) is 19.7 Å². The molecule has 0 amide bonds. The molecule has 9 heteroatoms. The number of hydrogen-bond donors (Lipinski definition) is 0. The van der Waals surface area contributed by atoms with Gasteiger partial charge in [0, 0.05) is 12.5 Å². The second-order valence-corrected chi connectivity index (χ2v) is 5.61. The highest BCUT2D eigenvalue weighted by Crippen LogP contribution is 2.36. The molecule has 1 saturated heterocycles. The van der Waals surface area contributed by atoms with Crippen LogP contribution in [0.25, 0.3) is 0 Å². The van der Waals surface area contributed by atoms with Crippen molar-refractivity contribution in [2.24, 2.45) is 11.8 Å². The molecule has 0 aliphatic carbocycles. The zero-order chi connectivity index (χ0) is 17.7. The number of likely N-dealkylation sites (N-methyl/N-ethyl adjacent to an activating group) is 1. The summed E-state index contributed by atoms with van der Waals surface area (Å²) < 4.78 is 9.65. The van der Waals surface area contributed by atoms with Crippen LogP contribution in [0.2, 0.25) is 0 Å². The first-order valence-electron chi connectivity index (χ1n) is 7.11. The molecule has 0 saturated carbocycles. The van der Waals surface area contributed by atoms with Crippen molar-refractivity contribution in [1.29, 1.82) is 0 Å². The van der Waals surface area contributed by atoms with Crippen LogP contribution >= 0.6 is 0 Å². The first-order chi connectivity index (χ1) is 10.7. The number of ether oxygens (including phenoxy) is 2. The molecular formula is C14H22N2O7. The lowest BCUT2D eigenvalue weighted by Crippen LogP contribution is -2.41. The highest BCUT2D eigenvalue weighted by Gasteiger charge is 2.46. The van der Waals surface area contributed by atoms with Gasteiger partial charge in [0.15, 0.2) is 0 Å². The predicted molar refractivity (Wildman–Crippen MR) is 78.5 cm³/mol. The van der Waals surface area contributed by atoms with Gasteiger partial charge in [-0.1, -0.05) is 12.2 Å². The Kier molecular flexibility index (Phi) is 6.49. The van der Waals surface area contributed by atoms with E-state index in [1.54, 1.807) is 11.9 Å². The van der Waals surface area contributed by atoms with Gasteiger partial charge in [0.05, 0.1) is 13.5 Å². The molecule has 0 aromatic heterocycles. The maximum atomic E-state index is 12.3. The van der Waals surface area contributed by atoms with E-state index >= 15 is 0 Å².